The van der Waals surface area contributed by atoms with Crippen LogP contribution in [0.4, 0.5) is 11.4 Å². The Morgan fingerprint density at radius 3 is 2.61 bits per heavy atom. The number of carboxylic acids is 1. The van der Waals surface area contributed by atoms with Gasteiger partial charge in [-0.1, -0.05) is 24.3 Å². The zero-order chi connectivity index (χ0) is 13.0. The number of hydrogen-bond donors (Lipinski definition) is 3. The van der Waals surface area contributed by atoms with Crippen LogP contribution in [-0.2, 0) is 11.2 Å². The number of hydrogen-bond acceptors (Lipinski definition) is 3. The van der Waals surface area contributed by atoms with E-state index < -0.39 is 5.97 Å². The van der Waals surface area contributed by atoms with E-state index in [1.165, 1.54) is 0 Å². The SMILES string of the molecule is O=C(O)Cc1cccc(Nc2ccccc2O)c1. The number of aliphatic carboxylic acids is 1. The molecule has 0 fully saturated rings. The molecule has 2 rings (SSSR count). The Kier molecular flexibility index (Phi) is 3.48. The topological polar surface area (TPSA) is 69.6 Å². The van der Waals surface area contributed by atoms with Gasteiger partial charge in [-0.05, 0) is 29.8 Å². The van der Waals surface area contributed by atoms with Crippen LogP contribution in [-0.4, -0.2) is 16.2 Å². The number of nitrogens with one attached hydrogen (secondary N) is 1. The Labute approximate surface area is 105 Å². The number of aromatic hydroxyl groups is 1. The highest BCUT2D eigenvalue weighted by Crippen LogP contribution is 2.26. The van der Waals surface area contributed by atoms with Crippen LogP contribution in [0.15, 0.2) is 48.5 Å². The molecule has 0 atom stereocenters. The van der Waals surface area contributed by atoms with E-state index in [0.29, 0.717) is 11.3 Å². The van der Waals surface area contributed by atoms with E-state index in [2.05, 4.69) is 5.32 Å². The van der Waals surface area contributed by atoms with Crippen molar-refractivity contribution >= 4 is 17.3 Å². The molecule has 0 spiro atoms. The highest BCUT2D eigenvalue weighted by Gasteiger charge is 2.03. The second kappa shape index (κ2) is 5.23. The number of carbonyl (C=O) groups is 1. The van der Waals surface area contributed by atoms with E-state index in [4.69, 9.17) is 5.11 Å². The lowest BCUT2D eigenvalue weighted by atomic mass is 10.1. The lowest BCUT2D eigenvalue weighted by molar-refractivity contribution is -0.136. The van der Waals surface area contributed by atoms with Crippen LogP contribution in [0.5, 0.6) is 5.75 Å². The number of phenols is 1. The van der Waals surface area contributed by atoms with E-state index in [9.17, 15) is 9.90 Å². The van der Waals surface area contributed by atoms with Crippen molar-refractivity contribution in [1.82, 2.24) is 0 Å². The lowest BCUT2D eigenvalue weighted by Gasteiger charge is -2.09. The van der Waals surface area contributed by atoms with Crippen molar-refractivity contribution in [3.8, 4) is 5.75 Å². The fourth-order valence-corrected chi connectivity index (χ4v) is 1.67. The van der Waals surface area contributed by atoms with E-state index in [-0.39, 0.29) is 12.2 Å². The zero-order valence-electron chi connectivity index (χ0n) is 9.63. The number of para-hydroxylation sites is 2. The predicted octanol–water partition coefficient (Wildman–Crippen LogP) is 2.76. The van der Waals surface area contributed by atoms with Gasteiger partial charge in [0.05, 0.1) is 12.1 Å². The maximum atomic E-state index is 10.6. The standard InChI is InChI=1S/C14H13NO3/c16-13-7-2-1-6-12(13)15-11-5-3-4-10(8-11)9-14(17)18/h1-8,15-16H,9H2,(H,17,18). The van der Waals surface area contributed by atoms with Crippen molar-refractivity contribution < 1.29 is 15.0 Å². The molecule has 0 saturated carbocycles. The van der Waals surface area contributed by atoms with E-state index in [1.54, 1.807) is 36.4 Å². The highest BCUT2D eigenvalue weighted by molar-refractivity contribution is 5.72. The maximum Gasteiger partial charge on any atom is 0.307 e. The van der Waals surface area contributed by atoms with Gasteiger partial charge in [-0.3, -0.25) is 4.79 Å². The van der Waals surface area contributed by atoms with Gasteiger partial charge in [0.15, 0.2) is 0 Å². The summed E-state index contributed by atoms with van der Waals surface area (Å²) in [5.74, 6) is -0.712. The van der Waals surface area contributed by atoms with Crippen molar-refractivity contribution in [2.75, 3.05) is 5.32 Å². The molecule has 0 saturated heterocycles. The summed E-state index contributed by atoms with van der Waals surface area (Å²) in [6.45, 7) is 0. The predicted molar refractivity (Wildman–Crippen MR) is 69.2 cm³/mol. The Bertz CT molecular complexity index is 566. The van der Waals surface area contributed by atoms with Gasteiger partial charge in [-0.2, -0.15) is 0 Å². The van der Waals surface area contributed by atoms with Gasteiger partial charge in [0.25, 0.3) is 0 Å². The highest BCUT2D eigenvalue weighted by atomic mass is 16.4. The third-order valence-corrected chi connectivity index (χ3v) is 2.47. The van der Waals surface area contributed by atoms with Crippen molar-refractivity contribution in [3.63, 3.8) is 0 Å². The molecule has 3 N–H and O–H groups in total. The van der Waals surface area contributed by atoms with E-state index in [1.807, 2.05) is 12.1 Å². The van der Waals surface area contributed by atoms with Crippen LogP contribution in [0.25, 0.3) is 0 Å². The zero-order valence-corrected chi connectivity index (χ0v) is 9.63. The minimum atomic E-state index is -0.866. The van der Waals surface area contributed by atoms with Crippen molar-refractivity contribution in [1.29, 1.82) is 0 Å². The van der Waals surface area contributed by atoms with Crippen LogP contribution < -0.4 is 5.32 Å². The Morgan fingerprint density at radius 2 is 1.89 bits per heavy atom. The van der Waals surface area contributed by atoms with Crippen LogP contribution in [0.2, 0.25) is 0 Å². The first-order chi connectivity index (χ1) is 8.65. The fraction of sp³-hybridized carbons (Fsp3) is 0.0714. The molecule has 2 aromatic carbocycles. The molecular weight excluding hydrogens is 230 g/mol. The Morgan fingerprint density at radius 1 is 1.11 bits per heavy atom. The quantitative estimate of drug-likeness (QED) is 0.722. The normalized spacial score (nSPS) is 10.0. The van der Waals surface area contributed by atoms with Crippen molar-refractivity contribution in [2.24, 2.45) is 0 Å². The minimum absolute atomic E-state index is 0.0176. The van der Waals surface area contributed by atoms with Crippen LogP contribution in [0.3, 0.4) is 0 Å². The second-order valence-corrected chi connectivity index (χ2v) is 3.91. The first-order valence-electron chi connectivity index (χ1n) is 5.51. The molecule has 18 heavy (non-hydrogen) atoms. The van der Waals surface area contributed by atoms with Gasteiger partial charge in [0.2, 0.25) is 0 Å². The van der Waals surface area contributed by atoms with Crippen LogP contribution >= 0.6 is 0 Å². The molecule has 0 radical (unpaired) electrons. The van der Waals surface area contributed by atoms with Gasteiger partial charge in [0.1, 0.15) is 5.75 Å². The largest absolute Gasteiger partial charge is 0.506 e. The molecule has 0 aromatic heterocycles. The number of rotatable bonds is 4. The molecule has 0 aliphatic rings. The monoisotopic (exact) mass is 243 g/mol. The fourth-order valence-electron chi connectivity index (χ4n) is 1.67. The summed E-state index contributed by atoms with van der Waals surface area (Å²) in [7, 11) is 0. The van der Waals surface area contributed by atoms with E-state index in [0.717, 1.165) is 5.69 Å². The van der Waals surface area contributed by atoms with Crippen LogP contribution in [0.1, 0.15) is 5.56 Å². The van der Waals surface area contributed by atoms with Gasteiger partial charge in [-0.15, -0.1) is 0 Å². The summed E-state index contributed by atoms with van der Waals surface area (Å²) in [4.78, 5) is 10.6. The minimum Gasteiger partial charge on any atom is -0.506 e. The van der Waals surface area contributed by atoms with Crippen molar-refractivity contribution in [3.05, 3.63) is 54.1 Å². The summed E-state index contributed by atoms with van der Waals surface area (Å²) < 4.78 is 0. The first-order valence-corrected chi connectivity index (χ1v) is 5.51. The third kappa shape index (κ3) is 3.01. The number of anilines is 2. The summed E-state index contributed by atoms with van der Waals surface area (Å²) >= 11 is 0. The maximum absolute atomic E-state index is 10.6. The van der Waals surface area contributed by atoms with Gasteiger partial charge in [-0.25, -0.2) is 0 Å². The molecule has 0 heterocycles. The summed E-state index contributed by atoms with van der Waals surface area (Å²) in [6, 6.07) is 14.0. The first kappa shape index (κ1) is 12.0. The number of phenolic OH excluding ortho intramolecular Hbond substituents is 1. The van der Waals surface area contributed by atoms with Crippen molar-refractivity contribution in [2.45, 2.75) is 6.42 Å². The lowest BCUT2D eigenvalue weighted by Crippen LogP contribution is -2.00. The summed E-state index contributed by atoms with van der Waals surface area (Å²) in [5, 5.41) is 21.4. The van der Waals surface area contributed by atoms with Gasteiger partial charge >= 0.3 is 5.97 Å². The molecule has 0 aliphatic heterocycles. The molecule has 4 nitrogen and oxygen atoms in total. The number of benzene rings is 2. The molecule has 0 bridgehead atoms. The molecule has 0 unspecified atom stereocenters. The number of carboxylic acid groups (broad SMARTS) is 1. The average Bonchev–Trinajstić information content (AvgIpc) is 2.32. The third-order valence-electron chi connectivity index (χ3n) is 2.47. The second-order valence-electron chi connectivity index (χ2n) is 3.91. The molecule has 4 heteroatoms. The van der Waals surface area contributed by atoms with E-state index >= 15 is 0 Å². The molecule has 92 valence electrons. The molecular formula is C14H13NO3. The summed E-state index contributed by atoms with van der Waals surface area (Å²) in [5.41, 5.74) is 2.04. The Balaban J connectivity index is 2.19. The average molecular weight is 243 g/mol. The van der Waals surface area contributed by atoms with Crippen LogP contribution in [0, 0.1) is 0 Å². The van der Waals surface area contributed by atoms with Gasteiger partial charge < -0.3 is 15.5 Å². The summed E-state index contributed by atoms with van der Waals surface area (Å²) in [6.07, 6.45) is -0.0176. The van der Waals surface area contributed by atoms with Gasteiger partial charge in [0, 0.05) is 5.69 Å². The molecule has 0 aliphatic carbocycles. The Hall–Kier alpha value is -2.49. The molecule has 2 aromatic rings. The smallest absolute Gasteiger partial charge is 0.307 e. The molecule has 0 amide bonds.